The molecular weight excluding hydrogens is 356 g/mol. The van der Waals surface area contributed by atoms with Gasteiger partial charge in [-0.25, -0.2) is 4.79 Å². The normalized spacial score (nSPS) is 15.0. The van der Waals surface area contributed by atoms with Gasteiger partial charge in [0.05, 0.1) is 15.0 Å². The fourth-order valence-electron chi connectivity index (χ4n) is 2.00. The minimum absolute atomic E-state index is 0.0259. The third-order valence-corrected chi connectivity index (χ3v) is 4.10. The Kier molecular flexibility index (Phi) is 5.12. The third kappa shape index (κ3) is 4.27. The highest BCUT2D eigenvalue weighted by molar-refractivity contribution is 9.10. The van der Waals surface area contributed by atoms with Crippen molar-refractivity contribution in [2.75, 3.05) is 6.61 Å². The Hall–Kier alpha value is -1.96. The molecule has 1 N–H and O–H groups in total. The van der Waals surface area contributed by atoms with Gasteiger partial charge < -0.3 is 10.1 Å². The summed E-state index contributed by atoms with van der Waals surface area (Å²) >= 11 is 3.03. The number of hydrogen-bond acceptors (Lipinski definition) is 5. The number of ether oxygens (including phenoxy) is 1. The molecule has 1 saturated carbocycles. The summed E-state index contributed by atoms with van der Waals surface area (Å²) in [6, 6.07) is 3.96. The van der Waals surface area contributed by atoms with Crippen LogP contribution in [0, 0.1) is 16.0 Å². The second-order valence-corrected chi connectivity index (χ2v) is 6.05. The molecule has 1 aromatic rings. The number of nitrogens with zero attached hydrogens (tertiary/aromatic N) is 1. The SMILES string of the molecule is C[C@@H](NC(=O)COC(=O)c1ccc(Br)c([N+](=O)[O-])c1)C1CC1. The summed E-state index contributed by atoms with van der Waals surface area (Å²) in [4.78, 5) is 33.7. The van der Waals surface area contributed by atoms with E-state index in [-0.39, 0.29) is 27.7 Å². The van der Waals surface area contributed by atoms with Crippen LogP contribution in [0.25, 0.3) is 0 Å². The molecule has 1 amide bonds. The van der Waals surface area contributed by atoms with E-state index in [9.17, 15) is 19.7 Å². The molecule has 0 spiro atoms. The molecule has 1 aliphatic carbocycles. The predicted molar refractivity (Wildman–Crippen MR) is 81.4 cm³/mol. The van der Waals surface area contributed by atoms with Gasteiger partial charge in [0.25, 0.3) is 11.6 Å². The number of amides is 1. The molecule has 1 aromatic carbocycles. The summed E-state index contributed by atoms with van der Waals surface area (Å²) in [5.41, 5.74) is -0.209. The van der Waals surface area contributed by atoms with Gasteiger partial charge in [-0.3, -0.25) is 14.9 Å². The number of carbonyl (C=O) groups excluding carboxylic acids is 2. The van der Waals surface area contributed by atoms with Gasteiger partial charge in [-0.2, -0.15) is 0 Å². The van der Waals surface area contributed by atoms with E-state index < -0.39 is 17.5 Å². The molecule has 0 saturated heterocycles. The zero-order valence-corrected chi connectivity index (χ0v) is 13.5. The summed E-state index contributed by atoms with van der Waals surface area (Å²) in [5.74, 6) is -0.641. The molecule has 0 aliphatic heterocycles. The molecule has 1 atom stereocenters. The maximum Gasteiger partial charge on any atom is 0.338 e. The maximum absolute atomic E-state index is 11.8. The van der Waals surface area contributed by atoms with Crippen molar-refractivity contribution in [3.05, 3.63) is 38.3 Å². The van der Waals surface area contributed by atoms with Crippen LogP contribution in [0.4, 0.5) is 5.69 Å². The second-order valence-electron chi connectivity index (χ2n) is 5.19. The number of hydrogen-bond donors (Lipinski definition) is 1. The van der Waals surface area contributed by atoms with Crippen LogP contribution >= 0.6 is 15.9 Å². The molecule has 0 radical (unpaired) electrons. The average molecular weight is 371 g/mol. The average Bonchev–Trinajstić information content (AvgIpc) is 3.29. The summed E-state index contributed by atoms with van der Waals surface area (Å²) in [6.45, 7) is 1.51. The quantitative estimate of drug-likeness (QED) is 0.471. The van der Waals surface area contributed by atoms with Crippen LogP contribution in [0.5, 0.6) is 0 Å². The van der Waals surface area contributed by atoms with Crippen LogP contribution in [0.1, 0.15) is 30.1 Å². The number of benzene rings is 1. The summed E-state index contributed by atoms with van der Waals surface area (Å²) < 4.78 is 5.15. The number of esters is 1. The number of rotatable bonds is 6. The van der Waals surface area contributed by atoms with Gasteiger partial charge >= 0.3 is 5.97 Å². The van der Waals surface area contributed by atoms with Crippen molar-refractivity contribution < 1.29 is 19.2 Å². The molecule has 118 valence electrons. The zero-order chi connectivity index (χ0) is 16.3. The van der Waals surface area contributed by atoms with E-state index in [0.29, 0.717) is 5.92 Å². The fourth-order valence-corrected chi connectivity index (χ4v) is 2.40. The molecule has 22 heavy (non-hydrogen) atoms. The lowest BCUT2D eigenvalue weighted by Gasteiger charge is -2.12. The Morgan fingerprint density at radius 3 is 2.77 bits per heavy atom. The molecule has 0 aromatic heterocycles. The van der Waals surface area contributed by atoms with Gasteiger partial charge in [0.2, 0.25) is 0 Å². The smallest absolute Gasteiger partial charge is 0.338 e. The van der Waals surface area contributed by atoms with Crippen molar-refractivity contribution in [2.24, 2.45) is 5.92 Å². The number of carbonyl (C=O) groups is 2. The van der Waals surface area contributed by atoms with Gasteiger partial charge in [-0.1, -0.05) is 0 Å². The largest absolute Gasteiger partial charge is 0.452 e. The van der Waals surface area contributed by atoms with E-state index in [1.165, 1.54) is 12.1 Å². The van der Waals surface area contributed by atoms with Crippen LogP contribution in [0.15, 0.2) is 22.7 Å². The highest BCUT2D eigenvalue weighted by Gasteiger charge is 2.29. The second kappa shape index (κ2) is 6.87. The first-order valence-corrected chi connectivity index (χ1v) is 7.58. The van der Waals surface area contributed by atoms with Crippen molar-refractivity contribution >= 4 is 33.5 Å². The lowest BCUT2D eigenvalue weighted by Crippen LogP contribution is -2.37. The van der Waals surface area contributed by atoms with Gasteiger partial charge in [0.15, 0.2) is 6.61 Å². The Balaban J connectivity index is 1.90. The molecule has 7 nitrogen and oxygen atoms in total. The Labute approximate surface area is 135 Å². The standard InChI is InChI=1S/C14H15BrN2O5/c1-8(9-2-3-9)16-13(18)7-22-14(19)10-4-5-11(15)12(6-10)17(20)21/h4-6,8-9H,2-3,7H2,1H3,(H,16,18)/t8-/m1/s1. The molecule has 2 rings (SSSR count). The Morgan fingerprint density at radius 2 is 2.18 bits per heavy atom. The van der Waals surface area contributed by atoms with Crippen LogP contribution in [0.3, 0.4) is 0 Å². The molecule has 1 aliphatic rings. The van der Waals surface area contributed by atoms with Gasteiger partial charge in [-0.15, -0.1) is 0 Å². The van der Waals surface area contributed by atoms with Crippen molar-refractivity contribution in [1.29, 1.82) is 0 Å². The van der Waals surface area contributed by atoms with Gasteiger partial charge in [0, 0.05) is 12.1 Å². The molecule has 0 unspecified atom stereocenters. The van der Waals surface area contributed by atoms with E-state index in [0.717, 1.165) is 18.9 Å². The first-order chi connectivity index (χ1) is 10.4. The Bertz CT molecular complexity index is 615. The molecule has 8 heteroatoms. The number of halogens is 1. The monoisotopic (exact) mass is 370 g/mol. The van der Waals surface area contributed by atoms with Crippen molar-refractivity contribution in [2.45, 2.75) is 25.8 Å². The van der Waals surface area contributed by atoms with Crippen molar-refractivity contribution in [3.63, 3.8) is 0 Å². The van der Waals surface area contributed by atoms with Gasteiger partial charge in [-0.05, 0) is 53.7 Å². The number of nitro groups is 1. The lowest BCUT2D eigenvalue weighted by atomic mass is 10.2. The predicted octanol–water partition coefficient (Wildman–Crippen LogP) is 2.43. The highest BCUT2D eigenvalue weighted by Crippen LogP contribution is 2.32. The number of nitro benzene ring substituents is 1. The van der Waals surface area contributed by atoms with Crippen molar-refractivity contribution in [3.8, 4) is 0 Å². The fraction of sp³-hybridized carbons (Fsp3) is 0.429. The molecular formula is C14H15BrN2O5. The van der Waals surface area contributed by atoms with Gasteiger partial charge in [0.1, 0.15) is 0 Å². The highest BCUT2D eigenvalue weighted by atomic mass is 79.9. The third-order valence-electron chi connectivity index (χ3n) is 3.43. The first kappa shape index (κ1) is 16.4. The van der Waals surface area contributed by atoms with Crippen molar-refractivity contribution in [1.82, 2.24) is 5.32 Å². The summed E-state index contributed by atoms with van der Waals surface area (Å²) in [7, 11) is 0. The molecule has 1 fully saturated rings. The summed E-state index contributed by atoms with van der Waals surface area (Å²) in [6.07, 6.45) is 2.20. The minimum atomic E-state index is -0.773. The Morgan fingerprint density at radius 1 is 1.50 bits per heavy atom. The van der Waals surface area contributed by atoms with E-state index >= 15 is 0 Å². The minimum Gasteiger partial charge on any atom is -0.452 e. The zero-order valence-electron chi connectivity index (χ0n) is 11.9. The molecule has 0 heterocycles. The van der Waals surface area contributed by atoms with E-state index in [1.807, 2.05) is 6.92 Å². The first-order valence-electron chi connectivity index (χ1n) is 6.79. The van der Waals surface area contributed by atoms with Crippen LogP contribution in [-0.4, -0.2) is 29.4 Å². The lowest BCUT2D eigenvalue weighted by molar-refractivity contribution is -0.385. The number of nitrogens with one attached hydrogen (secondary N) is 1. The van der Waals surface area contributed by atoms with Crippen LogP contribution < -0.4 is 5.32 Å². The van der Waals surface area contributed by atoms with E-state index in [2.05, 4.69) is 21.2 Å². The molecule has 0 bridgehead atoms. The topological polar surface area (TPSA) is 98.5 Å². The van der Waals surface area contributed by atoms with Crippen LogP contribution in [-0.2, 0) is 9.53 Å². The van der Waals surface area contributed by atoms with E-state index in [1.54, 1.807) is 0 Å². The summed E-state index contributed by atoms with van der Waals surface area (Å²) in [5, 5.41) is 13.6. The van der Waals surface area contributed by atoms with E-state index in [4.69, 9.17) is 4.74 Å². The van der Waals surface area contributed by atoms with Crippen LogP contribution in [0.2, 0.25) is 0 Å². The maximum atomic E-state index is 11.8.